The first-order valence-electron chi connectivity index (χ1n) is 12.8. The maximum atomic E-state index is 10.9. The number of aliphatic hydroxyl groups is 2. The second-order valence-electron chi connectivity index (χ2n) is 10.1. The Morgan fingerprint density at radius 3 is 2.70 bits per heavy atom. The summed E-state index contributed by atoms with van der Waals surface area (Å²) in [7, 11) is 0. The van der Waals surface area contributed by atoms with Gasteiger partial charge in [0.05, 0.1) is 43.4 Å². The quantitative estimate of drug-likeness (QED) is 0.297. The van der Waals surface area contributed by atoms with Gasteiger partial charge in [-0.15, -0.1) is 0 Å². The van der Waals surface area contributed by atoms with Crippen LogP contribution < -0.4 is 11.1 Å². The molecule has 2 saturated carbocycles. The molecule has 194 valence electrons. The molecule has 37 heavy (non-hydrogen) atoms. The van der Waals surface area contributed by atoms with E-state index in [0.717, 1.165) is 30.4 Å². The van der Waals surface area contributed by atoms with Gasteiger partial charge in [0.1, 0.15) is 17.7 Å². The fraction of sp³-hybridized carbons (Fsp3) is 0.462. The number of nitrogens with two attached hydrogens (primary N) is 1. The Balaban J connectivity index is 1.22. The lowest BCUT2D eigenvalue weighted by Gasteiger charge is -2.22. The number of nitrogens with one attached hydrogen (secondary N) is 1. The average molecular weight is 505 g/mol. The zero-order valence-electron chi connectivity index (χ0n) is 20.7. The summed E-state index contributed by atoms with van der Waals surface area (Å²) in [5.41, 5.74) is 9.39. The highest BCUT2D eigenvalue weighted by molar-refractivity contribution is 5.83. The topological polar surface area (TPSA) is 149 Å². The Morgan fingerprint density at radius 2 is 1.92 bits per heavy atom. The van der Waals surface area contributed by atoms with Gasteiger partial charge in [-0.3, -0.25) is 4.68 Å². The highest BCUT2D eigenvalue weighted by Gasteiger charge is 2.44. The van der Waals surface area contributed by atoms with Crippen LogP contribution in [-0.4, -0.2) is 63.9 Å². The molecule has 2 aliphatic carbocycles. The van der Waals surface area contributed by atoms with Crippen molar-refractivity contribution in [2.45, 2.75) is 75.7 Å². The first-order chi connectivity index (χ1) is 18.0. The smallest absolute Gasteiger partial charge is 0.227 e. The number of rotatable bonds is 7. The van der Waals surface area contributed by atoms with E-state index in [1.54, 1.807) is 21.8 Å². The monoisotopic (exact) mass is 504 g/mol. The van der Waals surface area contributed by atoms with E-state index in [1.807, 2.05) is 31.3 Å². The number of nitrogens with zero attached hydrogens (tertiary/aromatic N) is 6. The molecule has 1 aromatic carbocycles. The van der Waals surface area contributed by atoms with Crippen molar-refractivity contribution >= 4 is 22.9 Å². The number of nitrogen functional groups attached to an aromatic ring is 1. The largest absolute Gasteiger partial charge is 0.388 e. The van der Waals surface area contributed by atoms with Crippen molar-refractivity contribution in [1.82, 2.24) is 29.3 Å². The second-order valence-corrected chi connectivity index (χ2v) is 10.1. The number of aryl methyl sites for hydroxylation is 1. The number of anilines is 2. The molecule has 0 saturated heterocycles. The maximum Gasteiger partial charge on any atom is 0.227 e. The molecule has 0 unspecified atom stereocenters. The standard InChI is InChI=1S/C26H32N8O3/c1-15-11-29-34(12-15)19-10-18(22(35)23(19)36)33-14-28-21-24(27)31-26(32-25(21)33)30-17-8-5-9-20(17)37-13-16-6-3-2-4-7-16/h2-4,6-7,11-12,14,17-20,22-23,35-36H,5,8-10,13H2,1H3,(H3,27,30,31,32)/t17-,18+,19-,20-,22-,23+/m0/s1. The van der Waals surface area contributed by atoms with Crippen LogP contribution in [0.3, 0.4) is 0 Å². The molecule has 4 aromatic rings. The summed E-state index contributed by atoms with van der Waals surface area (Å²) in [4.78, 5) is 13.6. The van der Waals surface area contributed by atoms with Crippen molar-refractivity contribution in [2.24, 2.45) is 0 Å². The fourth-order valence-electron chi connectivity index (χ4n) is 5.62. The summed E-state index contributed by atoms with van der Waals surface area (Å²) in [5, 5.41) is 29.5. The van der Waals surface area contributed by atoms with Crippen molar-refractivity contribution in [3.63, 3.8) is 0 Å². The van der Waals surface area contributed by atoms with E-state index in [1.165, 1.54) is 0 Å². The van der Waals surface area contributed by atoms with Crippen molar-refractivity contribution in [3.8, 4) is 0 Å². The minimum atomic E-state index is -1.01. The van der Waals surface area contributed by atoms with E-state index >= 15 is 0 Å². The van der Waals surface area contributed by atoms with Crippen LogP contribution in [-0.2, 0) is 11.3 Å². The van der Waals surface area contributed by atoms with Gasteiger partial charge in [-0.25, -0.2) is 4.98 Å². The van der Waals surface area contributed by atoms with Crippen LogP contribution in [0.4, 0.5) is 11.8 Å². The average Bonchev–Trinajstić information content (AvgIpc) is 3.68. The van der Waals surface area contributed by atoms with Crippen LogP contribution in [0, 0.1) is 6.92 Å². The number of fused-ring (bicyclic) bond motifs is 1. The van der Waals surface area contributed by atoms with Crippen LogP contribution in [0.15, 0.2) is 49.1 Å². The lowest BCUT2D eigenvalue weighted by atomic mass is 10.2. The molecular formula is C26H32N8O3. The minimum absolute atomic E-state index is 0.0377. The molecular weight excluding hydrogens is 472 g/mol. The van der Waals surface area contributed by atoms with Crippen LogP contribution in [0.2, 0.25) is 0 Å². The van der Waals surface area contributed by atoms with Crippen molar-refractivity contribution < 1.29 is 14.9 Å². The Labute approximate surface area is 214 Å². The molecule has 6 rings (SSSR count). The molecule has 3 heterocycles. The molecule has 11 nitrogen and oxygen atoms in total. The van der Waals surface area contributed by atoms with Crippen molar-refractivity contribution in [1.29, 1.82) is 0 Å². The van der Waals surface area contributed by atoms with Gasteiger partial charge in [0.15, 0.2) is 11.5 Å². The summed E-state index contributed by atoms with van der Waals surface area (Å²) in [5.74, 6) is 0.664. The Morgan fingerprint density at radius 1 is 1.11 bits per heavy atom. The summed E-state index contributed by atoms with van der Waals surface area (Å²) >= 11 is 0. The van der Waals surface area contributed by atoms with Crippen molar-refractivity contribution in [3.05, 3.63) is 60.2 Å². The summed E-state index contributed by atoms with van der Waals surface area (Å²) in [6.07, 6.45) is 6.70. The van der Waals surface area contributed by atoms with E-state index in [0.29, 0.717) is 30.1 Å². The lowest BCUT2D eigenvalue weighted by molar-refractivity contribution is 0.00722. The molecule has 0 amide bonds. The molecule has 11 heteroatoms. The molecule has 0 aliphatic heterocycles. The summed E-state index contributed by atoms with van der Waals surface area (Å²) in [6.45, 7) is 2.50. The number of aromatic nitrogens is 6. The van der Waals surface area contributed by atoms with Crippen LogP contribution >= 0.6 is 0 Å². The van der Waals surface area contributed by atoms with E-state index in [2.05, 4.69) is 32.5 Å². The lowest BCUT2D eigenvalue weighted by Crippen LogP contribution is -2.32. The van der Waals surface area contributed by atoms with Crippen LogP contribution in [0.1, 0.15) is 48.9 Å². The van der Waals surface area contributed by atoms with E-state index in [4.69, 9.17) is 15.5 Å². The van der Waals surface area contributed by atoms with Gasteiger partial charge in [0, 0.05) is 6.20 Å². The number of aliphatic hydroxyl groups excluding tert-OH is 2. The molecule has 2 fully saturated rings. The van der Waals surface area contributed by atoms with Gasteiger partial charge >= 0.3 is 0 Å². The second kappa shape index (κ2) is 9.73. The van der Waals surface area contributed by atoms with E-state index in [9.17, 15) is 10.2 Å². The highest BCUT2D eigenvalue weighted by atomic mass is 16.5. The first-order valence-corrected chi connectivity index (χ1v) is 12.8. The predicted octanol–water partition coefficient (Wildman–Crippen LogP) is 2.37. The Hall–Kier alpha value is -3.54. The molecule has 5 N–H and O–H groups in total. The fourth-order valence-corrected chi connectivity index (χ4v) is 5.62. The third-order valence-electron chi connectivity index (χ3n) is 7.57. The highest BCUT2D eigenvalue weighted by Crippen LogP contribution is 2.40. The Kier molecular flexibility index (Phi) is 6.27. The number of hydrogen-bond acceptors (Lipinski definition) is 9. The SMILES string of the molecule is Cc1cnn([C@H]2C[C@@H](n3cnc4c(N)nc(N[C@H]5CCC[C@@H]5OCc5ccccc5)nc43)[C@H](O)[C@@H]2O)c1. The predicted molar refractivity (Wildman–Crippen MR) is 138 cm³/mol. The summed E-state index contributed by atoms with van der Waals surface area (Å²) < 4.78 is 9.74. The van der Waals surface area contributed by atoms with Gasteiger partial charge in [0.25, 0.3) is 0 Å². The molecule has 2 aliphatic rings. The van der Waals surface area contributed by atoms with Crippen molar-refractivity contribution in [2.75, 3.05) is 11.1 Å². The normalized spacial score (nSPS) is 27.8. The van der Waals surface area contributed by atoms with Gasteiger partial charge in [-0.2, -0.15) is 15.1 Å². The molecule has 6 atom stereocenters. The van der Waals surface area contributed by atoms with Crippen LogP contribution in [0.25, 0.3) is 11.2 Å². The molecule has 0 radical (unpaired) electrons. The van der Waals surface area contributed by atoms with Crippen LogP contribution in [0.5, 0.6) is 0 Å². The van der Waals surface area contributed by atoms with E-state index in [-0.39, 0.29) is 24.0 Å². The first kappa shape index (κ1) is 23.8. The van der Waals surface area contributed by atoms with Gasteiger partial charge in [-0.1, -0.05) is 30.3 Å². The van der Waals surface area contributed by atoms with Gasteiger partial charge in [-0.05, 0) is 43.7 Å². The maximum absolute atomic E-state index is 10.9. The van der Waals surface area contributed by atoms with Gasteiger partial charge < -0.3 is 30.6 Å². The number of hydrogen-bond donors (Lipinski definition) is 4. The third-order valence-corrected chi connectivity index (χ3v) is 7.57. The van der Waals surface area contributed by atoms with E-state index < -0.39 is 18.2 Å². The molecule has 0 bridgehead atoms. The number of ether oxygens (including phenoxy) is 1. The molecule has 3 aromatic heterocycles. The Bertz CT molecular complexity index is 1370. The zero-order chi connectivity index (χ0) is 25.5. The third kappa shape index (κ3) is 4.54. The van der Waals surface area contributed by atoms with Gasteiger partial charge in [0.2, 0.25) is 5.95 Å². The summed E-state index contributed by atoms with van der Waals surface area (Å²) in [6, 6.07) is 9.39. The molecule has 0 spiro atoms. The minimum Gasteiger partial charge on any atom is -0.388 e. The zero-order valence-corrected chi connectivity index (χ0v) is 20.7. The number of imidazole rings is 1. The number of benzene rings is 1.